The SMILES string of the molecule is CCCS(=O)(=O)NC[C@@](C)(O)c1cc(C)oc1C. The van der Waals surface area contributed by atoms with Crippen molar-refractivity contribution in [3.63, 3.8) is 0 Å². The first kappa shape index (κ1) is 15.2. The summed E-state index contributed by atoms with van der Waals surface area (Å²) in [6.07, 6.45) is 0.543. The first-order valence-corrected chi connectivity index (χ1v) is 7.60. The Morgan fingerprint density at radius 1 is 1.44 bits per heavy atom. The number of aryl methyl sites for hydroxylation is 2. The Bertz CT molecular complexity index is 502. The summed E-state index contributed by atoms with van der Waals surface area (Å²) in [5.74, 6) is 1.36. The molecule has 0 aliphatic carbocycles. The van der Waals surface area contributed by atoms with E-state index in [1.807, 2.05) is 0 Å². The van der Waals surface area contributed by atoms with E-state index in [9.17, 15) is 13.5 Å². The first-order chi connectivity index (χ1) is 8.18. The van der Waals surface area contributed by atoms with Gasteiger partial charge >= 0.3 is 0 Å². The predicted molar refractivity (Wildman–Crippen MR) is 69.8 cm³/mol. The van der Waals surface area contributed by atoms with Gasteiger partial charge in [-0.2, -0.15) is 0 Å². The van der Waals surface area contributed by atoms with Gasteiger partial charge in [-0.3, -0.25) is 0 Å². The molecule has 0 aliphatic rings. The van der Waals surface area contributed by atoms with Gasteiger partial charge in [0.05, 0.1) is 5.75 Å². The molecule has 2 N–H and O–H groups in total. The van der Waals surface area contributed by atoms with Crippen LogP contribution in [-0.4, -0.2) is 25.8 Å². The zero-order valence-corrected chi connectivity index (χ0v) is 12.1. The molecule has 5 nitrogen and oxygen atoms in total. The minimum absolute atomic E-state index is 0.0604. The van der Waals surface area contributed by atoms with Crippen molar-refractivity contribution in [2.75, 3.05) is 12.3 Å². The zero-order valence-electron chi connectivity index (χ0n) is 11.3. The van der Waals surface area contributed by atoms with Crippen LogP contribution in [0.3, 0.4) is 0 Å². The van der Waals surface area contributed by atoms with Crippen LogP contribution < -0.4 is 4.72 Å². The van der Waals surface area contributed by atoms with E-state index in [2.05, 4.69) is 4.72 Å². The smallest absolute Gasteiger partial charge is 0.211 e. The number of hydrogen-bond acceptors (Lipinski definition) is 4. The zero-order chi connectivity index (χ0) is 14.0. The summed E-state index contributed by atoms with van der Waals surface area (Å²) in [7, 11) is -3.32. The van der Waals surface area contributed by atoms with E-state index in [0.29, 0.717) is 23.5 Å². The van der Waals surface area contributed by atoms with Crippen molar-refractivity contribution in [3.05, 3.63) is 23.2 Å². The Kier molecular flexibility index (Phi) is 4.58. The van der Waals surface area contributed by atoms with E-state index in [0.717, 1.165) is 0 Å². The highest BCUT2D eigenvalue weighted by Gasteiger charge is 2.29. The lowest BCUT2D eigenvalue weighted by atomic mass is 9.97. The fourth-order valence-corrected chi connectivity index (χ4v) is 3.03. The molecule has 18 heavy (non-hydrogen) atoms. The van der Waals surface area contributed by atoms with Crippen LogP contribution >= 0.6 is 0 Å². The van der Waals surface area contributed by atoms with Crippen LogP contribution in [0.2, 0.25) is 0 Å². The second kappa shape index (κ2) is 5.42. The molecule has 0 saturated carbocycles. The molecule has 0 saturated heterocycles. The number of aliphatic hydroxyl groups is 1. The monoisotopic (exact) mass is 275 g/mol. The van der Waals surface area contributed by atoms with Crippen molar-refractivity contribution in [2.24, 2.45) is 0 Å². The van der Waals surface area contributed by atoms with Gasteiger partial charge in [0.1, 0.15) is 17.1 Å². The summed E-state index contributed by atoms with van der Waals surface area (Å²) < 4.78 is 30.9. The largest absolute Gasteiger partial charge is 0.466 e. The van der Waals surface area contributed by atoms with Gasteiger partial charge in [-0.05, 0) is 33.3 Å². The highest BCUT2D eigenvalue weighted by Crippen LogP contribution is 2.26. The van der Waals surface area contributed by atoms with Crippen molar-refractivity contribution in [2.45, 2.75) is 39.7 Å². The number of furan rings is 1. The highest BCUT2D eigenvalue weighted by atomic mass is 32.2. The lowest BCUT2D eigenvalue weighted by Gasteiger charge is -2.23. The number of rotatable bonds is 6. The maximum Gasteiger partial charge on any atom is 0.211 e. The van der Waals surface area contributed by atoms with Gasteiger partial charge in [-0.15, -0.1) is 0 Å². The summed E-state index contributed by atoms with van der Waals surface area (Å²) >= 11 is 0. The molecule has 1 aromatic rings. The molecule has 6 heteroatoms. The molecule has 1 rings (SSSR count). The van der Waals surface area contributed by atoms with Gasteiger partial charge in [0.25, 0.3) is 0 Å². The average Bonchev–Trinajstić information content (AvgIpc) is 2.56. The predicted octanol–water partition coefficient (Wildman–Crippen LogP) is 1.43. The molecule has 0 spiro atoms. The standard InChI is InChI=1S/C12H21NO4S/c1-5-6-18(15,16)13-8-12(4,14)11-7-9(2)17-10(11)3/h7,13-14H,5-6,8H2,1-4H3/t12-/m1/s1. The third-order valence-electron chi connectivity index (χ3n) is 2.73. The minimum Gasteiger partial charge on any atom is -0.466 e. The summed E-state index contributed by atoms with van der Waals surface area (Å²) in [4.78, 5) is 0. The topological polar surface area (TPSA) is 79.5 Å². The van der Waals surface area contributed by atoms with Crippen LogP contribution in [0.25, 0.3) is 0 Å². The maximum atomic E-state index is 11.6. The Morgan fingerprint density at radius 3 is 2.50 bits per heavy atom. The van der Waals surface area contributed by atoms with Crippen molar-refractivity contribution in [3.8, 4) is 0 Å². The molecule has 0 aliphatic heterocycles. The molecule has 104 valence electrons. The summed E-state index contributed by atoms with van der Waals surface area (Å²) in [5, 5.41) is 10.3. The van der Waals surface area contributed by atoms with E-state index >= 15 is 0 Å². The van der Waals surface area contributed by atoms with Crippen LogP contribution in [0.4, 0.5) is 0 Å². The fraction of sp³-hybridized carbons (Fsp3) is 0.667. The minimum atomic E-state index is -3.32. The Morgan fingerprint density at radius 2 is 2.06 bits per heavy atom. The molecular formula is C12H21NO4S. The first-order valence-electron chi connectivity index (χ1n) is 5.95. The van der Waals surface area contributed by atoms with Crippen molar-refractivity contribution >= 4 is 10.0 Å². The summed E-state index contributed by atoms with van der Waals surface area (Å²) in [5.41, 5.74) is -0.665. The number of sulfonamides is 1. The third-order valence-corrected chi connectivity index (χ3v) is 4.26. The molecular weight excluding hydrogens is 254 g/mol. The van der Waals surface area contributed by atoms with Crippen LogP contribution in [-0.2, 0) is 15.6 Å². The molecule has 1 aromatic heterocycles. The Labute approximate surface area is 108 Å². The van der Waals surface area contributed by atoms with Gasteiger partial charge in [0, 0.05) is 12.1 Å². The Hall–Kier alpha value is -0.850. The van der Waals surface area contributed by atoms with Gasteiger partial charge in [-0.25, -0.2) is 13.1 Å². The molecule has 1 atom stereocenters. The van der Waals surface area contributed by atoms with Crippen LogP contribution in [0.15, 0.2) is 10.5 Å². The number of nitrogens with one attached hydrogen (secondary N) is 1. The van der Waals surface area contributed by atoms with Crippen molar-refractivity contribution in [1.29, 1.82) is 0 Å². The van der Waals surface area contributed by atoms with E-state index in [1.165, 1.54) is 0 Å². The van der Waals surface area contributed by atoms with E-state index in [-0.39, 0.29) is 12.3 Å². The van der Waals surface area contributed by atoms with Crippen LogP contribution in [0.1, 0.15) is 37.4 Å². The van der Waals surface area contributed by atoms with Crippen LogP contribution in [0.5, 0.6) is 0 Å². The lowest BCUT2D eigenvalue weighted by molar-refractivity contribution is 0.0612. The fourth-order valence-electron chi connectivity index (χ4n) is 1.85. The lowest BCUT2D eigenvalue weighted by Crippen LogP contribution is -2.39. The molecule has 0 unspecified atom stereocenters. The van der Waals surface area contributed by atoms with Crippen LogP contribution in [0, 0.1) is 13.8 Å². The summed E-state index contributed by atoms with van der Waals surface area (Å²) in [6.45, 7) is 6.83. The van der Waals surface area contributed by atoms with Crippen molar-refractivity contribution < 1.29 is 17.9 Å². The maximum absolute atomic E-state index is 11.6. The van der Waals surface area contributed by atoms with Gasteiger partial charge in [0.15, 0.2) is 0 Å². The highest BCUT2D eigenvalue weighted by molar-refractivity contribution is 7.89. The number of hydrogen-bond donors (Lipinski definition) is 2. The normalized spacial score (nSPS) is 15.6. The summed E-state index contributed by atoms with van der Waals surface area (Å²) in [6, 6.07) is 1.73. The molecule has 0 aromatic carbocycles. The van der Waals surface area contributed by atoms with Crippen molar-refractivity contribution in [1.82, 2.24) is 4.72 Å². The van der Waals surface area contributed by atoms with E-state index in [4.69, 9.17) is 4.42 Å². The second-order valence-electron chi connectivity index (χ2n) is 4.74. The van der Waals surface area contributed by atoms with Gasteiger partial charge in [0.2, 0.25) is 10.0 Å². The molecule has 1 heterocycles. The second-order valence-corrected chi connectivity index (χ2v) is 6.67. The molecule has 0 bridgehead atoms. The van der Waals surface area contributed by atoms with Gasteiger partial charge < -0.3 is 9.52 Å². The average molecular weight is 275 g/mol. The Balaban J connectivity index is 2.80. The third kappa shape index (κ3) is 3.83. The van der Waals surface area contributed by atoms with Gasteiger partial charge in [-0.1, -0.05) is 6.92 Å². The van der Waals surface area contributed by atoms with E-state index < -0.39 is 15.6 Å². The molecule has 0 amide bonds. The quantitative estimate of drug-likeness (QED) is 0.823. The molecule has 0 fully saturated rings. The van der Waals surface area contributed by atoms with E-state index in [1.54, 1.807) is 33.8 Å². The molecule has 0 radical (unpaired) electrons.